The van der Waals surface area contributed by atoms with E-state index in [0.29, 0.717) is 31.1 Å². The van der Waals surface area contributed by atoms with Gasteiger partial charge in [-0.2, -0.15) is 0 Å². The molecule has 26 heavy (non-hydrogen) atoms. The Kier molecular flexibility index (Phi) is 6.08. The first-order valence-corrected chi connectivity index (χ1v) is 9.01. The van der Waals surface area contributed by atoms with Crippen LogP contribution in [0.4, 0.5) is 0 Å². The number of carbonyl (C=O) groups excluding carboxylic acids is 1. The predicted octanol–water partition coefficient (Wildman–Crippen LogP) is 3.95. The maximum absolute atomic E-state index is 12.5. The maximum Gasteiger partial charge on any atom is 0.168 e. The summed E-state index contributed by atoms with van der Waals surface area (Å²) in [5.41, 5.74) is 2.97. The van der Waals surface area contributed by atoms with Crippen LogP contribution >= 0.6 is 0 Å². The number of likely N-dealkylation sites (tertiary alicyclic amines) is 1. The number of piperidine rings is 1. The van der Waals surface area contributed by atoms with Crippen molar-refractivity contribution in [3.05, 3.63) is 65.2 Å². The van der Waals surface area contributed by atoms with Gasteiger partial charge in [0.2, 0.25) is 0 Å². The van der Waals surface area contributed by atoms with Gasteiger partial charge in [-0.1, -0.05) is 42.5 Å². The Labute approximate surface area is 155 Å². The first kappa shape index (κ1) is 18.2. The van der Waals surface area contributed by atoms with Crippen molar-refractivity contribution in [2.24, 2.45) is 0 Å². The number of benzene rings is 2. The molecule has 0 saturated carbocycles. The number of Topliss-reactive ketones (excluding diaryl/α,β-unsaturated/α-hetero) is 1. The molecule has 2 aromatic rings. The first-order chi connectivity index (χ1) is 12.7. The molecule has 0 radical (unpaired) electrons. The smallest absolute Gasteiger partial charge is 0.168 e. The van der Waals surface area contributed by atoms with E-state index >= 15 is 0 Å². The topological polar surface area (TPSA) is 38.8 Å². The van der Waals surface area contributed by atoms with Gasteiger partial charge in [-0.05, 0) is 24.6 Å². The molecule has 4 heteroatoms. The molecule has 136 valence electrons. The SMILES string of the molecule is CCOc1c(/C=C2\CN(Cc3ccccc3)CCC2=O)cccc1OC. The van der Waals surface area contributed by atoms with Crippen molar-refractivity contribution in [3.63, 3.8) is 0 Å². The van der Waals surface area contributed by atoms with Crippen LogP contribution in [0.2, 0.25) is 0 Å². The normalized spacial score (nSPS) is 16.7. The van der Waals surface area contributed by atoms with E-state index < -0.39 is 0 Å². The van der Waals surface area contributed by atoms with Gasteiger partial charge in [-0.25, -0.2) is 0 Å². The molecule has 1 aliphatic rings. The zero-order valence-electron chi connectivity index (χ0n) is 15.4. The van der Waals surface area contributed by atoms with Crippen LogP contribution in [0.1, 0.15) is 24.5 Å². The Hall–Kier alpha value is -2.59. The van der Waals surface area contributed by atoms with E-state index in [1.807, 2.05) is 49.4 Å². The van der Waals surface area contributed by atoms with Crippen LogP contribution in [-0.2, 0) is 11.3 Å². The summed E-state index contributed by atoms with van der Waals surface area (Å²) in [6.45, 7) is 4.78. The first-order valence-electron chi connectivity index (χ1n) is 9.01. The third-order valence-corrected chi connectivity index (χ3v) is 4.50. The third kappa shape index (κ3) is 4.33. The van der Waals surface area contributed by atoms with Gasteiger partial charge in [-0.3, -0.25) is 9.69 Å². The van der Waals surface area contributed by atoms with Gasteiger partial charge in [0, 0.05) is 37.2 Å². The highest BCUT2D eigenvalue weighted by atomic mass is 16.5. The minimum atomic E-state index is 0.208. The highest BCUT2D eigenvalue weighted by Gasteiger charge is 2.22. The average molecular weight is 351 g/mol. The fourth-order valence-corrected chi connectivity index (χ4v) is 3.22. The molecule has 4 nitrogen and oxygen atoms in total. The van der Waals surface area contributed by atoms with Gasteiger partial charge >= 0.3 is 0 Å². The Morgan fingerprint density at radius 2 is 1.92 bits per heavy atom. The van der Waals surface area contributed by atoms with Gasteiger partial charge in [0.25, 0.3) is 0 Å². The van der Waals surface area contributed by atoms with E-state index in [4.69, 9.17) is 9.47 Å². The van der Waals surface area contributed by atoms with Gasteiger partial charge in [0.05, 0.1) is 13.7 Å². The molecule has 0 bridgehead atoms. The number of hydrogen-bond donors (Lipinski definition) is 0. The molecule has 0 spiro atoms. The molecular formula is C22H25NO3. The summed E-state index contributed by atoms with van der Waals surface area (Å²) in [5, 5.41) is 0. The summed E-state index contributed by atoms with van der Waals surface area (Å²) in [5.74, 6) is 1.59. The summed E-state index contributed by atoms with van der Waals surface area (Å²) in [6.07, 6.45) is 2.50. The van der Waals surface area contributed by atoms with Crippen LogP contribution in [0.15, 0.2) is 54.1 Å². The molecule has 0 atom stereocenters. The fourth-order valence-electron chi connectivity index (χ4n) is 3.22. The van der Waals surface area contributed by atoms with E-state index in [1.54, 1.807) is 7.11 Å². The number of hydrogen-bond acceptors (Lipinski definition) is 4. The summed E-state index contributed by atoms with van der Waals surface area (Å²) < 4.78 is 11.2. The quantitative estimate of drug-likeness (QED) is 0.739. The highest BCUT2D eigenvalue weighted by Crippen LogP contribution is 2.33. The molecule has 1 heterocycles. The second kappa shape index (κ2) is 8.68. The Balaban J connectivity index is 1.83. The maximum atomic E-state index is 12.5. The highest BCUT2D eigenvalue weighted by molar-refractivity contribution is 6.01. The molecule has 2 aromatic carbocycles. The summed E-state index contributed by atoms with van der Waals surface area (Å²) >= 11 is 0. The Bertz CT molecular complexity index is 783. The van der Waals surface area contributed by atoms with Crippen molar-refractivity contribution < 1.29 is 14.3 Å². The lowest BCUT2D eigenvalue weighted by molar-refractivity contribution is -0.117. The third-order valence-electron chi connectivity index (χ3n) is 4.50. The number of methoxy groups -OCH3 is 1. The van der Waals surface area contributed by atoms with Crippen LogP contribution < -0.4 is 9.47 Å². The van der Waals surface area contributed by atoms with E-state index in [9.17, 15) is 4.79 Å². The molecule has 0 unspecified atom stereocenters. The lowest BCUT2D eigenvalue weighted by atomic mass is 9.99. The molecule has 0 aliphatic carbocycles. The van der Waals surface area contributed by atoms with E-state index in [-0.39, 0.29) is 5.78 Å². The lowest BCUT2D eigenvalue weighted by Crippen LogP contribution is -2.35. The Morgan fingerprint density at radius 3 is 2.65 bits per heavy atom. The number of ether oxygens (including phenoxy) is 2. The van der Waals surface area contributed by atoms with Crippen molar-refractivity contribution in [3.8, 4) is 11.5 Å². The van der Waals surface area contributed by atoms with E-state index in [0.717, 1.165) is 24.2 Å². The monoisotopic (exact) mass is 351 g/mol. The molecule has 1 saturated heterocycles. The van der Waals surface area contributed by atoms with Crippen molar-refractivity contribution in [2.45, 2.75) is 19.9 Å². The summed E-state index contributed by atoms with van der Waals surface area (Å²) in [6, 6.07) is 16.1. The summed E-state index contributed by atoms with van der Waals surface area (Å²) in [7, 11) is 1.63. The second-order valence-corrected chi connectivity index (χ2v) is 6.35. The van der Waals surface area contributed by atoms with Gasteiger partial charge in [0.1, 0.15) is 0 Å². The molecule has 1 fully saturated rings. The lowest BCUT2D eigenvalue weighted by Gasteiger charge is -2.28. The fraction of sp³-hybridized carbons (Fsp3) is 0.318. The largest absolute Gasteiger partial charge is 0.493 e. The number of carbonyl (C=O) groups is 1. The van der Waals surface area contributed by atoms with E-state index in [2.05, 4.69) is 17.0 Å². The zero-order valence-corrected chi connectivity index (χ0v) is 15.4. The minimum Gasteiger partial charge on any atom is -0.493 e. The predicted molar refractivity (Wildman–Crippen MR) is 103 cm³/mol. The standard InChI is InChI=1S/C22H25NO3/c1-3-26-22-18(10-7-11-21(22)25-2)14-19-16-23(13-12-20(19)24)15-17-8-5-4-6-9-17/h4-11,14H,3,12-13,15-16H2,1-2H3/b19-14+. The molecule has 1 aliphatic heterocycles. The van der Waals surface area contributed by atoms with Crippen LogP contribution in [0.25, 0.3) is 6.08 Å². The average Bonchev–Trinajstić information content (AvgIpc) is 2.67. The molecular weight excluding hydrogens is 326 g/mol. The summed E-state index contributed by atoms with van der Waals surface area (Å²) in [4.78, 5) is 14.8. The number of para-hydroxylation sites is 1. The van der Waals surface area contributed by atoms with Crippen molar-refractivity contribution >= 4 is 11.9 Å². The van der Waals surface area contributed by atoms with Gasteiger partial charge < -0.3 is 9.47 Å². The van der Waals surface area contributed by atoms with E-state index in [1.165, 1.54) is 5.56 Å². The second-order valence-electron chi connectivity index (χ2n) is 6.35. The molecule has 3 rings (SSSR count). The molecule has 0 amide bonds. The number of rotatable bonds is 6. The Morgan fingerprint density at radius 1 is 1.12 bits per heavy atom. The van der Waals surface area contributed by atoms with Crippen molar-refractivity contribution in [1.29, 1.82) is 0 Å². The minimum absolute atomic E-state index is 0.208. The van der Waals surface area contributed by atoms with Crippen LogP contribution in [0.3, 0.4) is 0 Å². The van der Waals surface area contributed by atoms with Crippen LogP contribution in [0, 0.1) is 0 Å². The number of nitrogens with zero attached hydrogens (tertiary/aromatic N) is 1. The van der Waals surface area contributed by atoms with Crippen molar-refractivity contribution in [1.82, 2.24) is 4.90 Å². The molecule has 0 aromatic heterocycles. The van der Waals surface area contributed by atoms with Crippen LogP contribution in [0.5, 0.6) is 11.5 Å². The molecule has 0 N–H and O–H groups in total. The number of ketones is 1. The zero-order chi connectivity index (χ0) is 18.4. The van der Waals surface area contributed by atoms with Crippen molar-refractivity contribution in [2.75, 3.05) is 26.8 Å². The van der Waals surface area contributed by atoms with Crippen LogP contribution in [-0.4, -0.2) is 37.5 Å². The van der Waals surface area contributed by atoms with Gasteiger partial charge in [0.15, 0.2) is 17.3 Å². The van der Waals surface area contributed by atoms with Gasteiger partial charge in [-0.15, -0.1) is 0 Å².